The number of nitrogens with two attached hydrogens (primary N) is 1. The minimum absolute atomic E-state index is 0.121. The maximum Gasteiger partial charge on any atom is 0.140 e. The predicted molar refractivity (Wildman–Crippen MR) is 57.6 cm³/mol. The van der Waals surface area contributed by atoms with Crippen LogP contribution in [0.5, 0.6) is 0 Å². The molecule has 2 heterocycles. The number of ether oxygens (including phenoxy) is 1. The maximum absolute atomic E-state index is 5.76. The molecule has 2 rings (SSSR count). The normalized spacial score (nSPS) is 18.5. The van der Waals surface area contributed by atoms with Gasteiger partial charge in [-0.05, 0) is 12.5 Å². The monoisotopic (exact) mass is 207 g/mol. The Morgan fingerprint density at radius 2 is 2.33 bits per heavy atom. The lowest BCUT2D eigenvalue weighted by molar-refractivity contribution is -0.0594. The second-order valence-corrected chi connectivity index (χ2v) is 4.10. The van der Waals surface area contributed by atoms with Gasteiger partial charge in [0.1, 0.15) is 5.82 Å². The van der Waals surface area contributed by atoms with Crippen LogP contribution in [0.4, 0.5) is 0 Å². The Morgan fingerprint density at radius 3 is 2.87 bits per heavy atom. The third-order valence-electron chi connectivity index (χ3n) is 2.84. The van der Waals surface area contributed by atoms with Gasteiger partial charge in [-0.1, -0.05) is 13.3 Å². The van der Waals surface area contributed by atoms with E-state index in [0.717, 1.165) is 24.4 Å². The van der Waals surface area contributed by atoms with Crippen LogP contribution in [0, 0.1) is 0 Å². The van der Waals surface area contributed by atoms with E-state index in [1.54, 1.807) is 0 Å². The fourth-order valence-corrected chi connectivity index (χ4v) is 1.73. The van der Waals surface area contributed by atoms with Crippen LogP contribution in [0.15, 0.2) is 12.3 Å². The number of aryl methyl sites for hydroxylation is 1. The highest BCUT2D eigenvalue weighted by atomic mass is 16.5. The van der Waals surface area contributed by atoms with Crippen LogP contribution in [0.1, 0.15) is 24.9 Å². The SMILES string of the molecule is CCCc1ccnc(C2(CN)COC2)n1. The third-order valence-corrected chi connectivity index (χ3v) is 2.84. The van der Waals surface area contributed by atoms with Crippen LogP contribution < -0.4 is 5.73 Å². The fraction of sp³-hybridized carbons (Fsp3) is 0.636. The Kier molecular flexibility index (Phi) is 2.98. The van der Waals surface area contributed by atoms with Gasteiger partial charge in [-0.3, -0.25) is 0 Å². The number of hydrogen-bond acceptors (Lipinski definition) is 4. The zero-order chi connectivity index (χ0) is 10.7. The van der Waals surface area contributed by atoms with Crippen LogP contribution in [0.25, 0.3) is 0 Å². The van der Waals surface area contributed by atoms with E-state index in [2.05, 4.69) is 16.9 Å². The molecule has 4 heteroatoms. The van der Waals surface area contributed by atoms with E-state index in [0.29, 0.717) is 19.8 Å². The second kappa shape index (κ2) is 4.24. The minimum atomic E-state index is -0.121. The van der Waals surface area contributed by atoms with Gasteiger partial charge in [0.25, 0.3) is 0 Å². The fourth-order valence-electron chi connectivity index (χ4n) is 1.73. The lowest BCUT2D eigenvalue weighted by atomic mass is 9.85. The average Bonchev–Trinajstić information content (AvgIpc) is 2.18. The lowest BCUT2D eigenvalue weighted by Crippen LogP contribution is -2.53. The minimum Gasteiger partial charge on any atom is -0.379 e. The molecule has 1 saturated heterocycles. The molecular formula is C11H17N3O. The molecule has 4 nitrogen and oxygen atoms in total. The first-order chi connectivity index (χ1) is 7.30. The summed E-state index contributed by atoms with van der Waals surface area (Å²) < 4.78 is 5.22. The molecule has 1 aromatic heterocycles. The molecule has 0 unspecified atom stereocenters. The molecule has 0 aromatic carbocycles. The highest BCUT2D eigenvalue weighted by Crippen LogP contribution is 2.28. The summed E-state index contributed by atoms with van der Waals surface area (Å²) in [6.45, 7) is 4.01. The molecule has 0 spiro atoms. The second-order valence-electron chi connectivity index (χ2n) is 4.10. The largest absolute Gasteiger partial charge is 0.379 e. The summed E-state index contributed by atoms with van der Waals surface area (Å²) in [7, 11) is 0. The van der Waals surface area contributed by atoms with Crippen molar-refractivity contribution in [1.82, 2.24) is 9.97 Å². The van der Waals surface area contributed by atoms with E-state index < -0.39 is 0 Å². The van der Waals surface area contributed by atoms with Crippen LogP contribution in [0.2, 0.25) is 0 Å². The predicted octanol–water partition coefficient (Wildman–Crippen LogP) is 0.656. The molecule has 0 bridgehead atoms. The number of aromatic nitrogens is 2. The van der Waals surface area contributed by atoms with Crippen LogP contribution in [-0.2, 0) is 16.6 Å². The van der Waals surface area contributed by atoms with Gasteiger partial charge < -0.3 is 10.5 Å². The molecule has 1 aliphatic heterocycles. The summed E-state index contributed by atoms with van der Waals surface area (Å²) in [6, 6.07) is 1.97. The summed E-state index contributed by atoms with van der Waals surface area (Å²) in [5.74, 6) is 0.849. The third kappa shape index (κ3) is 1.87. The zero-order valence-electron chi connectivity index (χ0n) is 9.07. The van der Waals surface area contributed by atoms with Crippen LogP contribution in [0.3, 0.4) is 0 Å². The van der Waals surface area contributed by atoms with Crippen molar-refractivity contribution < 1.29 is 4.74 Å². The summed E-state index contributed by atoms with van der Waals surface area (Å²) in [6.07, 6.45) is 3.92. The van der Waals surface area contributed by atoms with E-state index in [1.165, 1.54) is 0 Å². The lowest BCUT2D eigenvalue weighted by Gasteiger charge is -2.38. The molecule has 82 valence electrons. The van der Waals surface area contributed by atoms with Gasteiger partial charge in [0.05, 0.1) is 18.6 Å². The molecular weight excluding hydrogens is 190 g/mol. The van der Waals surface area contributed by atoms with Gasteiger partial charge in [0.15, 0.2) is 0 Å². The van der Waals surface area contributed by atoms with Gasteiger partial charge in [0, 0.05) is 18.4 Å². The van der Waals surface area contributed by atoms with Crippen molar-refractivity contribution in [1.29, 1.82) is 0 Å². The molecule has 1 fully saturated rings. The van der Waals surface area contributed by atoms with Gasteiger partial charge in [-0.25, -0.2) is 9.97 Å². The highest BCUT2D eigenvalue weighted by Gasteiger charge is 2.41. The number of hydrogen-bond donors (Lipinski definition) is 1. The number of rotatable bonds is 4. The van der Waals surface area contributed by atoms with Crippen molar-refractivity contribution >= 4 is 0 Å². The molecule has 2 N–H and O–H groups in total. The highest BCUT2D eigenvalue weighted by molar-refractivity contribution is 5.16. The van der Waals surface area contributed by atoms with Gasteiger partial charge in [-0.15, -0.1) is 0 Å². The van der Waals surface area contributed by atoms with E-state index >= 15 is 0 Å². The molecule has 1 aliphatic rings. The molecule has 1 aromatic rings. The van der Waals surface area contributed by atoms with Crippen molar-refractivity contribution in [3.05, 3.63) is 23.8 Å². The van der Waals surface area contributed by atoms with E-state index in [9.17, 15) is 0 Å². The number of nitrogens with zero attached hydrogens (tertiary/aromatic N) is 2. The molecule has 15 heavy (non-hydrogen) atoms. The van der Waals surface area contributed by atoms with Gasteiger partial charge in [0.2, 0.25) is 0 Å². The summed E-state index contributed by atoms with van der Waals surface area (Å²) in [5, 5.41) is 0. The maximum atomic E-state index is 5.76. The van der Waals surface area contributed by atoms with Crippen LogP contribution in [-0.4, -0.2) is 29.7 Å². The smallest absolute Gasteiger partial charge is 0.140 e. The Balaban J connectivity index is 2.23. The Labute approximate surface area is 89.9 Å². The van der Waals surface area contributed by atoms with Crippen LogP contribution >= 0.6 is 0 Å². The van der Waals surface area contributed by atoms with Gasteiger partial charge in [-0.2, -0.15) is 0 Å². The first-order valence-electron chi connectivity index (χ1n) is 5.41. The molecule has 0 aliphatic carbocycles. The Morgan fingerprint density at radius 1 is 1.53 bits per heavy atom. The summed E-state index contributed by atoms with van der Waals surface area (Å²) >= 11 is 0. The Bertz CT molecular complexity index is 331. The molecule has 0 saturated carbocycles. The zero-order valence-corrected chi connectivity index (χ0v) is 9.07. The average molecular weight is 207 g/mol. The molecule has 0 atom stereocenters. The quantitative estimate of drug-likeness (QED) is 0.787. The van der Waals surface area contributed by atoms with E-state index in [-0.39, 0.29) is 5.41 Å². The Hall–Kier alpha value is -1.00. The van der Waals surface area contributed by atoms with Crippen molar-refractivity contribution in [2.75, 3.05) is 19.8 Å². The van der Waals surface area contributed by atoms with E-state index in [4.69, 9.17) is 10.5 Å². The van der Waals surface area contributed by atoms with Crippen molar-refractivity contribution in [3.8, 4) is 0 Å². The summed E-state index contributed by atoms with van der Waals surface area (Å²) in [4.78, 5) is 8.87. The first kappa shape index (κ1) is 10.5. The summed E-state index contributed by atoms with van der Waals surface area (Å²) in [5.41, 5.74) is 6.74. The van der Waals surface area contributed by atoms with Gasteiger partial charge >= 0.3 is 0 Å². The molecule has 0 amide bonds. The molecule has 0 radical (unpaired) electrons. The van der Waals surface area contributed by atoms with Crippen molar-refractivity contribution in [3.63, 3.8) is 0 Å². The standard InChI is InChI=1S/C11H17N3O/c1-2-3-9-4-5-13-10(14-9)11(6-12)7-15-8-11/h4-5H,2-3,6-8,12H2,1H3. The van der Waals surface area contributed by atoms with E-state index in [1.807, 2.05) is 12.3 Å². The first-order valence-corrected chi connectivity index (χ1v) is 5.41. The van der Waals surface area contributed by atoms with Crippen molar-refractivity contribution in [2.45, 2.75) is 25.2 Å². The van der Waals surface area contributed by atoms with Crippen molar-refractivity contribution in [2.24, 2.45) is 5.73 Å². The topological polar surface area (TPSA) is 61.0 Å².